The van der Waals surface area contributed by atoms with Crippen molar-refractivity contribution in [1.29, 1.82) is 0 Å². The molecule has 1 aliphatic heterocycles. The summed E-state index contributed by atoms with van der Waals surface area (Å²) >= 11 is 6.57. The molecule has 1 amide bonds. The predicted octanol–water partition coefficient (Wildman–Crippen LogP) is 4.29. The highest BCUT2D eigenvalue weighted by atomic mass is 32.2. The maximum atomic E-state index is 13.2. The van der Waals surface area contributed by atoms with Crippen LogP contribution in [0.5, 0.6) is 0 Å². The maximum Gasteiger partial charge on any atom is 0.267 e. The molecule has 0 spiro atoms. The zero-order chi connectivity index (χ0) is 21.8. The van der Waals surface area contributed by atoms with Crippen LogP contribution in [0.1, 0.15) is 37.5 Å². The lowest BCUT2D eigenvalue weighted by molar-refractivity contribution is -0.122. The minimum atomic E-state index is -0.249. The van der Waals surface area contributed by atoms with Crippen molar-refractivity contribution in [3.8, 4) is 0 Å². The van der Waals surface area contributed by atoms with Crippen molar-refractivity contribution in [2.75, 3.05) is 11.9 Å². The van der Waals surface area contributed by atoms with Crippen molar-refractivity contribution in [3.63, 3.8) is 0 Å². The monoisotopic (exact) mass is 454 g/mol. The lowest BCUT2D eigenvalue weighted by atomic mass is 10.2. The zero-order valence-electron chi connectivity index (χ0n) is 17.0. The average molecular weight is 455 g/mol. The molecule has 0 unspecified atom stereocenters. The van der Waals surface area contributed by atoms with Crippen molar-refractivity contribution < 1.29 is 9.21 Å². The summed E-state index contributed by atoms with van der Waals surface area (Å²) in [6, 6.07) is 8.95. The fourth-order valence-electron chi connectivity index (χ4n) is 3.28. The van der Waals surface area contributed by atoms with E-state index in [9.17, 15) is 9.59 Å². The van der Waals surface area contributed by atoms with Gasteiger partial charge < -0.3 is 9.73 Å². The molecule has 1 N–H and O–H groups in total. The van der Waals surface area contributed by atoms with E-state index in [1.54, 1.807) is 42.8 Å². The summed E-state index contributed by atoms with van der Waals surface area (Å²) in [5, 5.41) is 3.28. The van der Waals surface area contributed by atoms with Crippen LogP contribution in [0.2, 0.25) is 0 Å². The number of amides is 1. The first kappa shape index (κ1) is 21.3. The summed E-state index contributed by atoms with van der Waals surface area (Å²) in [4.78, 5) is 32.7. The molecule has 7 nitrogen and oxygen atoms in total. The number of furan rings is 1. The van der Waals surface area contributed by atoms with Gasteiger partial charge in [0.1, 0.15) is 21.5 Å². The molecule has 1 aliphatic rings. The number of rotatable bonds is 8. The number of nitrogens with zero attached hydrogens (tertiary/aromatic N) is 3. The summed E-state index contributed by atoms with van der Waals surface area (Å²) in [5.41, 5.74) is 0.659. The lowest BCUT2D eigenvalue weighted by Crippen LogP contribution is -2.27. The Morgan fingerprint density at radius 2 is 2.10 bits per heavy atom. The molecule has 9 heteroatoms. The molecule has 4 heterocycles. The molecule has 31 heavy (non-hydrogen) atoms. The number of unbranched alkanes of at least 4 members (excludes halogenated alkanes) is 2. The van der Waals surface area contributed by atoms with E-state index in [1.165, 1.54) is 21.1 Å². The Morgan fingerprint density at radius 3 is 2.87 bits per heavy atom. The highest BCUT2D eigenvalue weighted by Gasteiger charge is 2.33. The third-order valence-electron chi connectivity index (χ3n) is 4.88. The van der Waals surface area contributed by atoms with Gasteiger partial charge in [0.25, 0.3) is 11.5 Å². The predicted molar refractivity (Wildman–Crippen MR) is 127 cm³/mol. The quantitative estimate of drug-likeness (QED) is 0.309. The zero-order valence-corrected chi connectivity index (χ0v) is 18.7. The van der Waals surface area contributed by atoms with E-state index in [0.717, 1.165) is 19.3 Å². The first-order chi connectivity index (χ1) is 15.1. The smallest absolute Gasteiger partial charge is 0.267 e. The first-order valence-corrected chi connectivity index (χ1v) is 11.3. The number of thiocarbonyl (C=S) groups is 1. The van der Waals surface area contributed by atoms with E-state index in [2.05, 4.69) is 17.2 Å². The summed E-state index contributed by atoms with van der Waals surface area (Å²) in [5.74, 6) is 0.868. The van der Waals surface area contributed by atoms with Crippen molar-refractivity contribution in [2.24, 2.45) is 0 Å². The third-order valence-corrected chi connectivity index (χ3v) is 6.26. The Hall–Kier alpha value is -2.91. The van der Waals surface area contributed by atoms with E-state index in [-0.39, 0.29) is 18.0 Å². The Labute approximate surface area is 189 Å². The van der Waals surface area contributed by atoms with Crippen LogP contribution in [0.4, 0.5) is 5.82 Å². The number of aromatic nitrogens is 2. The fraction of sp³-hybridized carbons (Fsp3) is 0.273. The summed E-state index contributed by atoms with van der Waals surface area (Å²) in [7, 11) is 0. The van der Waals surface area contributed by atoms with Crippen molar-refractivity contribution in [3.05, 3.63) is 69.4 Å². The highest BCUT2D eigenvalue weighted by molar-refractivity contribution is 8.26. The van der Waals surface area contributed by atoms with Crippen LogP contribution in [0, 0.1) is 0 Å². The standard InChI is InChI=1S/C22H22N4O3S2/c1-2-3-5-10-23-19-16(20(27)25-11-6-4-9-18(25)24-19)13-17-21(28)26(22(30)31-17)14-15-8-7-12-29-15/h4,6-9,11-13,23H,2-3,5,10,14H2,1H3/b17-13+. The molecule has 3 aromatic rings. The van der Waals surface area contributed by atoms with Crippen LogP contribution >= 0.6 is 24.0 Å². The topological polar surface area (TPSA) is 79.9 Å². The van der Waals surface area contributed by atoms with Gasteiger partial charge in [0.05, 0.1) is 23.3 Å². The molecule has 1 saturated heterocycles. The molecule has 0 radical (unpaired) electrons. The molecule has 0 bridgehead atoms. The number of fused-ring (bicyclic) bond motifs is 1. The minimum absolute atomic E-state index is 0.236. The van der Waals surface area contributed by atoms with Gasteiger partial charge in [-0.1, -0.05) is 49.8 Å². The van der Waals surface area contributed by atoms with E-state index in [1.807, 2.05) is 6.07 Å². The Kier molecular flexibility index (Phi) is 6.53. The number of hydrogen-bond acceptors (Lipinski definition) is 7. The number of pyridine rings is 1. The largest absolute Gasteiger partial charge is 0.467 e. The third kappa shape index (κ3) is 4.57. The van der Waals surface area contributed by atoms with Gasteiger partial charge >= 0.3 is 0 Å². The van der Waals surface area contributed by atoms with Gasteiger partial charge in [-0.3, -0.25) is 18.9 Å². The van der Waals surface area contributed by atoms with Gasteiger partial charge in [-0.25, -0.2) is 4.98 Å². The molecule has 0 atom stereocenters. The van der Waals surface area contributed by atoms with Crippen LogP contribution in [-0.2, 0) is 11.3 Å². The molecule has 0 aromatic carbocycles. The lowest BCUT2D eigenvalue weighted by Gasteiger charge is -2.12. The molecular formula is C22H22N4O3S2. The van der Waals surface area contributed by atoms with Gasteiger partial charge in [0.15, 0.2) is 0 Å². The molecule has 3 aromatic heterocycles. The van der Waals surface area contributed by atoms with Gasteiger partial charge in [0, 0.05) is 12.7 Å². The number of carbonyl (C=O) groups excluding carboxylic acids is 1. The Bertz CT molecular complexity index is 1200. The number of hydrogen-bond donors (Lipinski definition) is 1. The number of nitrogens with one attached hydrogen (secondary N) is 1. The second-order valence-corrected chi connectivity index (χ2v) is 8.76. The van der Waals surface area contributed by atoms with Gasteiger partial charge in [0.2, 0.25) is 0 Å². The van der Waals surface area contributed by atoms with Crippen LogP contribution in [0.3, 0.4) is 0 Å². The van der Waals surface area contributed by atoms with Gasteiger partial charge in [-0.2, -0.15) is 0 Å². The second kappa shape index (κ2) is 9.49. The van der Waals surface area contributed by atoms with Crippen molar-refractivity contribution >= 4 is 51.7 Å². The molecular weight excluding hydrogens is 432 g/mol. The van der Waals surface area contributed by atoms with Crippen molar-refractivity contribution in [2.45, 2.75) is 32.7 Å². The van der Waals surface area contributed by atoms with E-state index < -0.39 is 0 Å². The maximum absolute atomic E-state index is 13.2. The summed E-state index contributed by atoms with van der Waals surface area (Å²) in [6.07, 6.45) is 7.97. The Morgan fingerprint density at radius 1 is 1.23 bits per heavy atom. The number of thioether (sulfide) groups is 1. The normalized spacial score (nSPS) is 15.4. The van der Waals surface area contributed by atoms with Crippen LogP contribution in [0.25, 0.3) is 11.7 Å². The molecule has 4 rings (SSSR count). The van der Waals surface area contributed by atoms with Gasteiger partial charge in [-0.15, -0.1) is 0 Å². The van der Waals surface area contributed by atoms with Gasteiger partial charge in [-0.05, 0) is 36.8 Å². The molecule has 0 saturated carbocycles. The van der Waals surface area contributed by atoms with Crippen LogP contribution < -0.4 is 10.9 Å². The number of carbonyl (C=O) groups is 1. The highest BCUT2D eigenvalue weighted by Crippen LogP contribution is 2.34. The SMILES string of the molecule is CCCCCNc1nc2ccccn2c(=O)c1/C=C1/SC(=S)N(Cc2ccco2)C1=O. The minimum Gasteiger partial charge on any atom is -0.467 e. The molecule has 160 valence electrons. The van der Waals surface area contributed by atoms with Crippen molar-refractivity contribution in [1.82, 2.24) is 14.3 Å². The molecule has 0 aliphatic carbocycles. The van der Waals surface area contributed by atoms with Crippen LogP contribution in [0.15, 0.2) is 56.9 Å². The van der Waals surface area contributed by atoms with E-state index >= 15 is 0 Å². The molecule has 1 fully saturated rings. The number of anilines is 1. The van der Waals surface area contributed by atoms with Crippen LogP contribution in [-0.4, -0.2) is 31.1 Å². The first-order valence-electron chi connectivity index (χ1n) is 10.1. The summed E-state index contributed by atoms with van der Waals surface area (Å²) in [6.45, 7) is 3.09. The average Bonchev–Trinajstić information content (AvgIpc) is 3.38. The second-order valence-electron chi connectivity index (χ2n) is 7.09. The summed E-state index contributed by atoms with van der Waals surface area (Å²) < 4.78 is 7.25. The van der Waals surface area contributed by atoms with E-state index in [4.69, 9.17) is 16.6 Å². The Balaban J connectivity index is 1.69. The van der Waals surface area contributed by atoms with E-state index in [0.29, 0.717) is 38.6 Å². The fourth-order valence-corrected chi connectivity index (χ4v) is 4.51.